The molecule has 0 heterocycles. The molecule has 6 heteroatoms. The van der Waals surface area contributed by atoms with Gasteiger partial charge < -0.3 is 15.2 Å². The molecule has 0 unspecified atom stereocenters. The number of rotatable bonds is 5. The van der Waals surface area contributed by atoms with Crippen molar-refractivity contribution in [2.24, 2.45) is 5.73 Å². The van der Waals surface area contributed by atoms with Crippen molar-refractivity contribution < 1.29 is 17.9 Å². The largest absolute Gasteiger partial charge is 0.496 e. The Kier molecular flexibility index (Phi) is 3.49. The molecule has 0 spiro atoms. The van der Waals surface area contributed by atoms with Crippen molar-refractivity contribution in [1.29, 1.82) is 0 Å². The second kappa shape index (κ2) is 4.68. The van der Waals surface area contributed by atoms with Crippen molar-refractivity contribution in [1.82, 2.24) is 0 Å². The predicted octanol–water partition coefficient (Wildman–Crippen LogP) is 1.14. The molecule has 0 aliphatic heterocycles. The Bertz CT molecular complexity index is 591. The minimum atomic E-state index is -3.41. The van der Waals surface area contributed by atoms with Gasteiger partial charge >= 0.3 is 0 Å². The van der Waals surface area contributed by atoms with E-state index in [1.54, 1.807) is 12.1 Å². The van der Waals surface area contributed by atoms with Gasteiger partial charge in [-0.1, -0.05) is 0 Å². The third-order valence-electron chi connectivity index (χ3n) is 3.41. The second-order valence-electron chi connectivity index (χ2n) is 5.09. The zero-order valence-corrected chi connectivity index (χ0v) is 12.2. The summed E-state index contributed by atoms with van der Waals surface area (Å²) in [4.78, 5) is 0.186. The van der Waals surface area contributed by atoms with E-state index in [1.807, 2.05) is 0 Å². The molecular weight excluding hydrogens is 266 g/mol. The van der Waals surface area contributed by atoms with Crippen LogP contribution in [0.2, 0.25) is 0 Å². The number of ether oxygens (including phenoxy) is 2. The van der Waals surface area contributed by atoms with E-state index in [1.165, 1.54) is 20.5 Å². The predicted molar refractivity (Wildman–Crippen MR) is 72.5 cm³/mol. The molecule has 1 aromatic rings. The molecule has 1 aliphatic carbocycles. The van der Waals surface area contributed by atoms with Crippen molar-refractivity contribution >= 4 is 9.84 Å². The summed E-state index contributed by atoms with van der Waals surface area (Å²) in [6.07, 6.45) is 3.45. The van der Waals surface area contributed by atoms with Gasteiger partial charge in [0.2, 0.25) is 0 Å². The molecule has 19 heavy (non-hydrogen) atoms. The lowest BCUT2D eigenvalue weighted by Gasteiger charge is -2.18. The molecule has 0 atom stereocenters. The molecule has 0 aromatic heterocycles. The van der Waals surface area contributed by atoms with Crippen LogP contribution in [0.3, 0.4) is 0 Å². The molecule has 1 fully saturated rings. The molecule has 2 rings (SSSR count). The Balaban J connectivity index is 2.64. The van der Waals surface area contributed by atoms with E-state index in [2.05, 4.69) is 0 Å². The smallest absolute Gasteiger partial charge is 0.179 e. The Morgan fingerprint density at radius 1 is 1.21 bits per heavy atom. The lowest BCUT2D eigenvalue weighted by atomic mass is 10.0. The summed E-state index contributed by atoms with van der Waals surface area (Å²) in [5.41, 5.74) is 6.42. The van der Waals surface area contributed by atoms with Crippen LogP contribution in [0.25, 0.3) is 0 Å². The highest BCUT2D eigenvalue weighted by molar-refractivity contribution is 7.90. The summed E-state index contributed by atoms with van der Waals surface area (Å²) in [5.74, 6) is 0.875. The summed E-state index contributed by atoms with van der Waals surface area (Å²) in [5, 5.41) is 0. The van der Waals surface area contributed by atoms with Crippen LogP contribution in [0.1, 0.15) is 18.4 Å². The van der Waals surface area contributed by atoms with Gasteiger partial charge in [0.25, 0.3) is 0 Å². The van der Waals surface area contributed by atoms with E-state index in [0.717, 1.165) is 12.8 Å². The molecule has 1 saturated carbocycles. The molecular formula is C13H19NO4S. The number of methoxy groups -OCH3 is 2. The van der Waals surface area contributed by atoms with Crippen LogP contribution in [-0.4, -0.2) is 34.4 Å². The lowest BCUT2D eigenvalue weighted by Crippen LogP contribution is -2.26. The van der Waals surface area contributed by atoms with E-state index < -0.39 is 9.84 Å². The fraction of sp³-hybridized carbons (Fsp3) is 0.538. The molecule has 1 aliphatic rings. The first kappa shape index (κ1) is 14.1. The fourth-order valence-electron chi connectivity index (χ4n) is 2.20. The Morgan fingerprint density at radius 2 is 1.74 bits per heavy atom. The molecule has 0 saturated heterocycles. The first-order valence-corrected chi connectivity index (χ1v) is 7.93. The van der Waals surface area contributed by atoms with Crippen LogP contribution in [-0.2, 0) is 16.3 Å². The number of sulfone groups is 1. The maximum Gasteiger partial charge on any atom is 0.179 e. The van der Waals surface area contributed by atoms with E-state index >= 15 is 0 Å². The third kappa shape index (κ3) is 2.84. The average Bonchev–Trinajstić information content (AvgIpc) is 3.04. The Labute approximate surface area is 113 Å². The average molecular weight is 285 g/mol. The van der Waals surface area contributed by atoms with Gasteiger partial charge in [0.15, 0.2) is 9.84 Å². The second-order valence-corrected chi connectivity index (χ2v) is 7.04. The summed E-state index contributed by atoms with van der Waals surface area (Å²) in [6.45, 7) is 0. The van der Waals surface area contributed by atoms with E-state index in [9.17, 15) is 8.42 Å². The van der Waals surface area contributed by atoms with Crippen LogP contribution in [0.5, 0.6) is 11.5 Å². The monoisotopic (exact) mass is 285 g/mol. The molecule has 2 N–H and O–H groups in total. The summed E-state index contributed by atoms with van der Waals surface area (Å²) >= 11 is 0. The van der Waals surface area contributed by atoms with Crippen LogP contribution in [0.4, 0.5) is 0 Å². The van der Waals surface area contributed by atoms with Gasteiger partial charge in [0.05, 0.1) is 14.2 Å². The van der Waals surface area contributed by atoms with Crippen molar-refractivity contribution in [2.45, 2.75) is 29.7 Å². The molecule has 1 aromatic carbocycles. The van der Waals surface area contributed by atoms with Crippen LogP contribution < -0.4 is 15.2 Å². The van der Waals surface area contributed by atoms with Gasteiger partial charge in [-0.05, 0) is 31.4 Å². The van der Waals surface area contributed by atoms with Crippen LogP contribution >= 0.6 is 0 Å². The first-order valence-electron chi connectivity index (χ1n) is 6.03. The van der Waals surface area contributed by atoms with E-state index in [-0.39, 0.29) is 10.4 Å². The summed E-state index contributed by atoms with van der Waals surface area (Å²) < 4.78 is 34.5. The molecule has 0 radical (unpaired) electrons. The number of hydrogen-bond donors (Lipinski definition) is 1. The maximum atomic E-state index is 12.0. The number of nitrogens with two attached hydrogens (primary N) is 1. The third-order valence-corrected chi connectivity index (χ3v) is 4.60. The highest BCUT2D eigenvalue weighted by Crippen LogP contribution is 2.42. The van der Waals surface area contributed by atoms with Gasteiger partial charge in [-0.3, -0.25) is 0 Å². The van der Waals surface area contributed by atoms with Crippen molar-refractivity contribution in [3.63, 3.8) is 0 Å². The van der Waals surface area contributed by atoms with Gasteiger partial charge in [0, 0.05) is 17.4 Å². The van der Waals surface area contributed by atoms with Crippen molar-refractivity contribution in [2.75, 3.05) is 20.5 Å². The van der Waals surface area contributed by atoms with Crippen LogP contribution in [0.15, 0.2) is 17.0 Å². The number of hydrogen-bond acceptors (Lipinski definition) is 5. The Morgan fingerprint density at radius 3 is 2.16 bits per heavy atom. The van der Waals surface area contributed by atoms with Crippen molar-refractivity contribution in [3.8, 4) is 11.5 Å². The Hall–Kier alpha value is -1.27. The molecule has 5 nitrogen and oxygen atoms in total. The van der Waals surface area contributed by atoms with Gasteiger partial charge in [-0.2, -0.15) is 0 Å². The quantitative estimate of drug-likeness (QED) is 0.877. The lowest BCUT2D eigenvalue weighted by molar-refractivity contribution is 0.385. The highest BCUT2D eigenvalue weighted by atomic mass is 32.2. The zero-order valence-electron chi connectivity index (χ0n) is 11.4. The normalized spacial score (nSPS) is 17.1. The topological polar surface area (TPSA) is 78.6 Å². The van der Waals surface area contributed by atoms with E-state index in [4.69, 9.17) is 15.2 Å². The van der Waals surface area contributed by atoms with Gasteiger partial charge in [-0.15, -0.1) is 0 Å². The summed E-state index contributed by atoms with van der Waals surface area (Å²) in [6, 6.07) is 3.32. The standard InChI is InChI=1S/C13H19NO4S/c1-17-10-4-5-11(18-2)12(19(3,15)16)9(10)8-13(14)6-7-13/h4-5H,6-8,14H2,1-3H3. The summed E-state index contributed by atoms with van der Waals surface area (Å²) in [7, 11) is -0.439. The van der Waals surface area contributed by atoms with Crippen molar-refractivity contribution in [3.05, 3.63) is 17.7 Å². The van der Waals surface area contributed by atoms with E-state index in [0.29, 0.717) is 23.5 Å². The van der Waals surface area contributed by atoms with Crippen LogP contribution in [0, 0.1) is 0 Å². The fourth-order valence-corrected chi connectivity index (χ4v) is 3.34. The van der Waals surface area contributed by atoms with Gasteiger partial charge in [0.1, 0.15) is 16.4 Å². The maximum absolute atomic E-state index is 12.0. The SMILES string of the molecule is COc1ccc(OC)c(S(C)(=O)=O)c1CC1(N)CC1. The molecule has 0 bridgehead atoms. The highest BCUT2D eigenvalue weighted by Gasteiger charge is 2.40. The minimum absolute atomic E-state index is 0.186. The van der Waals surface area contributed by atoms with Gasteiger partial charge in [-0.25, -0.2) is 8.42 Å². The molecule has 0 amide bonds. The minimum Gasteiger partial charge on any atom is -0.496 e. The first-order chi connectivity index (χ1) is 8.80. The number of benzene rings is 1. The molecule has 106 valence electrons. The zero-order chi connectivity index (χ0) is 14.3.